The molecule has 6 rings (SSSR count). The van der Waals surface area contributed by atoms with E-state index in [4.69, 9.17) is 28.6 Å². The van der Waals surface area contributed by atoms with Crippen LogP contribution in [-0.4, -0.2) is 70.6 Å². The fourth-order valence-corrected chi connectivity index (χ4v) is 5.28. The number of rotatable bonds is 7. The SMILES string of the molecule is COCOc1cc2nc(C)oc2cc1-c1ccc2nc(N3CCC(N(C(=O)OC(C)(C)C)C4CC4)C3)ccc2n1. The Bertz CT molecular complexity index is 1560. The number of carbonyl (C=O) groups excluding carboxylic acids is 1. The van der Waals surface area contributed by atoms with E-state index in [-0.39, 0.29) is 25.0 Å². The van der Waals surface area contributed by atoms with E-state index in [2.05, 4.69) is 9.88 Å². The highest BCUT2D eigenvalue weighted by molar-refractivity contribution is 5.86. The van der Waals surface area contributed by atoms with Crippen molar-refractivity contribution in [2.45, 2.75) is 64.6 Å². The van der Waals surface area contributed by atoms with Crippen molar-refractivity contribution >= 4 is 34.0 Å². The summed E-state index contributed by atoms with van der Waals surface area (Å²) in [5.74, 6) is 2.09. The zero-order valence-corrected chi connectivity index (χ0v) is 23.6. The van der Waals surface area contributed by atoms with Gasteiger partial charge in [-0.25, -0.2) is 19.7 Å². The van der Waals surface area contributed by atoms with Gasteiger partial charge in [0.1, 0.15) is 22.7 Å². The van der Waals surface area contributed by atoms with Crippen molar-refractivity contribution in [3.05, 3.63) is 42.3 Å². The molecule has 2 aliphatic rings. The molecule has 1 saturated heterocycles. The maximum atomic E-state index is 13.0. The first-order chi connectivity index (χ1) is 19.2. The number of methoxy groups -OCH3 is 1. The van der Waals surface area contributed by atoms with E-state index >= 15 is 0 Å². The number of fused-ring (bicyclic) bond motifs is 2. The molecule has 1 amide bonds. The minimum atomic E-state index is -0.509. The van der Waals surface area contributed by atoms with E-state index < -0.39 is 5.60 Å². The molecule has 0 bridgehead atoms. The summed E-state index contributed by atoms with van der Waals surface area (Å²) in [5, 5.41) is 0. The van der Waals surface area contributed by atoms with Crippen LogP contribution in [0.1, 0.15) is 45.9 Å². The van der Waals surface area contributed by atoms with Crippen molar-refractivity contribution in [1.82, 2.24) is 19.9 Å². The normalized spacial score (nSPS) is 17.5. The van der Waals surface area contributed by atoms with Crippen LogP contribution in [0.25, 0.3) is 33.4 Å². The van der Waals surface area contributed by atoms with Gasteiger partial charge in [0.25, 0.3) is 0 Å². The molecule has 4 aromatic rings. The number of oxazole rings is 1. The molecular formula is C30H35N5O5. The number of carbonyl (C=O) groups is 1. The van der Waals surface area contributed by atoms with E-state index in [9.17, 15) is 4.79 Å². The monoisotopic (exact) mass is 545 g/mol. The molecule has 10 nitrogen and oxygen atoms in total. The lowest BCUT2D eigenvalue weighted by atomic mass is 10.1. The molecule has 0 N–H and O–H groups in total. The fourth-order valence-electron chi connectivity index (χ4n) is 5.28. The first-order valence-corrected chi connectivity index (χ1v) is 13.8. The van der Waals surface area contributed by atoms with Crippen LogP contribution in [0.5, 0.6) is 5.75 Å². The molecule has 1 atom stereocenters. The van der Waals surface area contributed by atoms with Gasteiger partial charge in [-0.05, 0) is 70.4 Å². The van der Waals surface area contributed by atoms with E-state index in [1.165, 1.54) is 0 Å². The van der Waals surface area contributed by atoms with E-state index in [1.807, 2.05) is 69.0 Å². The van der Waals surface area contributed by atoms with Crippen molar-refractivity contribution < 1.29 is 23.4 Å². The molecule has 0 radical (unpaired) electrons. The number of hydrogen-bond donors (Lipinski definition) is 0. The number of aromatic nitrogens is 3. The third kappa shape index (κ3) is 5.40. The topological polar surface area (TPSA) is 103 Å². The minimum absolute atomic E-state index is 0.108. The fraction of sp³-hybridized carbons (Fsp3) is 0.467. The molecule has 1 aliphatic carbocycles. The van der Waals surface area contributed by atoms with Gasteiger partial charge in [0.05, 0.1) is 22.8 Å². The number of hydrogen-bond acceptors (Lipinski definition) is 9. The van der Waals surface area contributed by atoms with Gasteiger partial charge in [-0.2, -0.15) is 0 Å². The molecule has 1 unspecified atom stereocenters. The minimum Gasteiger partial charge on any atom is -0.467 e. The van der Waals surface area contributed by atoms with Crippen LogP contribution in [0.3, 0.4) is 0 Å². The zero-order valence-electron chi connectivity index (χ0n) is 23.6. The Kier molecular flexibility index (Phi) is 6.74. The van der Waals surface area contributed by atoms with Crippen molar-refractivity contribution in [2.24, 2.45) is 0 Å². The Labute approximate surface area is 233 Å². The molecule has 2 fully saturated rings. The Balaban J connectivity index is 1.24. The third-order valence-corrected chi connectivity index (χ3v) is 7.16. The Morgan fingerprint density at radius 2 is 1.80 bits per heavy atom. The van der Waals surface area contributed by atoms with Crippen LogP contribution in [-0.2, 0) is 9.47 Å². The van der Waals surface area contributed by atoms with E-state index in [0.29, 0.717) is 17.2 Å². The first kappa shape index (κ1) is 26.3. The smallest absolute Gasteiger partial charge is 0.410 e. The Morgan fingerprint density at radius 3 is 2.55 bits per heavy atom. The van der Waals surface area contributed by atoms with Crippen LogP contribution in [0.4, 0.5) is 10.6 Å². The predicted molar refractivity (Wildman–Crippen MR) is 151 cm³/mol. The van der Waals surface area contributed by atoms with Crippen molar-refractivity contribution in [2.75, 3.05) is 31.9 Å². The van der Waals surface area contributed by atoms with Gasteiger partial charge in [-0.1, -0.05) is 0 Å². The average Bonchev–Trinajstić information content (AvgIpc) is 3.49. The first-order valence-electron chi connectivity index (χ1n) is 13.8. The van der Waals surface area contributed by atoms with Crippen LogP contribution in [0.15, 0.2) is 40.8 Å². The summed E-state index contributed by atoms with van der Waals surface area (Å²) >= 11 is 0. The summed E-state index contributed by atoms with van der Waals surface area (Å²) in [6.45, 7) is 9.23. The summed E-state index contributed by atoms with van der Waals surface area (Å²) < 4.78 is 22.5. The summed E-state index contributed by atoms with van der Waals surface area (Å²) in [6, 6.07) is 12.0. The predicted octanol–water partition coefficient (Wildman–Crippen LogP) is 5.71. The molecule has 4 heterocycles. The van der Waals surface area contributed by atoms with Gasteiger partial charge < -0.3 is 28.4 Å². The summed E-state index contributed by atoms with van der Waals surface area (Å²) in [7, 11) is 1.58. The second-order valence-corrected chi connectivity index (χ2v) is 11.5. The maximum absolute atomic E-state index is 13.0. The number of pyridine rings is 2. The molecule has 40 heavy (non-hydrogen) atoms. The molecule has 3 aromatic heterocycles. The largest absolute Gasteiger partial charge is 0.467 e. The summed E-state index contributed by atoms with van der Waals surface area (Å²) in [4.78, 5) is 31.4. The van der Waals surface area contributed by atoms with Crippen molar-refractivity contribution in [3.63, 3.8) is 0 Å². The highest BCUT2D eigenvalue weighted by Gasteiger charge is 2.42. The number of ether oxygens (including phenoxy) is 3. The van der Waals surface area contributed by atoms with Gasteiger partial charge in [-0.15, -0.1) is 0 Å². The van der Waals surface area contributed by atoms with Crippen molar-refractivity contribution in [1.29, 1.82) is 0 Å². The molecule has 0 spiro atoms. The summed E-state index contributed by atoms with van der Waals surface area (Å²) in [5.41, 5.74) is 3.98. The highest BCUT2D eigenvalue weighted by Crippen LogP contribution is 2.36. The number of benzene rings is 1. The molecule has 10 heteroatoms. The molecule has 1 aromatic carbocycles. The maximum Gasteiger partial charge on any atom is 0.410 e. The Hall–Kier alpha value is -3.92. The second-order valence-electron chi connectivity index (χ2n) is 11.5. The molecule has 1 aliphatic heterocycles. The summed E-state index contributed by atoms with van der Waals surface area (Å²) in [6.07, 6.45) is 2.76. The van der Waals surface area contributed by atoms with Gasteiger partial charge in [0, 0.05) is 44.8 Å². The van der Waals surface area contributed by atoms with E-state index in [1.54, 1.807) is 7.11 Å². The van der Waals surface area contributed by atoms with E-state index in [0.717, 1.165) is 66.0 Å². The van der Waals surface area contributed by atoms with Gasteiger partial charge in [0.15, 0.2) is 18.3 Å². The van der Waals surface area contributed by atoms with Gasteiger partial charge in [0.2, 0.25) is 0 Å². The van der Waals surface area contributed by atoms with Crippen LogP contribution < -0.4 is 9.64 Å². The number of aryl methyl sites for hydroxylation is 1. The number of amides is 1. The highest BCUT2D eigenvalue weighted by atomic mass is 16.7. The Morgan fingerprint density at radius 1 is 1.02 bits per heavy atom. The number of nitrogens with zero attached hydrogens (tertiary/aromatic N) is 5. The average molecular weight is 546 g/mol. The van der Waals surface area contributed by atoms with Gasteiger partial charge in [-0.3, -0.25) is 0 Å². The zero-order chi connectivity index (χ0) is 28.0. The van der Waals surface area contributed by atoms with Crippen molar-refractivity contribution in [3.8, 4) is 17.0 Å². The lowest BCUT2D eigenvalue weighted by Crippen LogP contribution is -2.46. The molecular weight excluding hydrogens is 510 g/mol. The quantitative estimate of drug-likeness (QED) is 0.270. The van der Waals surface area contributed by atoms with Gasteiger partial charge >= 0.3 is 6.09 Å². The van der Waals surface area contributed by atoms with Crippen LogP contribution in [0.2, 0.25) is 0 Å². The lowest BCUT2D eigenvalue weighted by molar-refractivity contribution is 0.0158. The van der Waals surface area contributed by atoms with Crippen LogP contribution in [0, 0.1) is 6.92 Å². The molecule has 1 saturated carbocycles. The standard InChI is InChI=1S/C30H35N5O5/c1-18-31-25-15-26(38-17-37-5)21(14-27(25)39-18)22-8-9-24-23(32-22)10-11-28(33-24)34-13-12-20(16-34)35(19-6-7-19)29(36)40-30(2,3)4/h8-11,14-15,19-20H,6-7,12-13,16-17H2,1-5H3. The second kappa shape index (κ2) is 10.2. The molecule has 210 valence electrons. The van der Waals surface area contributed by atoms with Crippen LogP contribution >= 0.6 is 0 Å². The lowest BCUT2D eigenvalue weighted by Gasteiger charge is -2.31. The number of anilines is 1. The third-order valence-electron chi connectivity index (χ3n) is 7.16.